The van der Waals surface area contributed by atoms with Crippen molar-refractivity contribution in [3.05, 3.63) is 29.8 Å². The molecule has 1 heterocycles. The lowest BCUT2D eigenvalue weighted by atomic mass is 10.1. The molecular weight excluding hydrogens is 226 g/mol. The van der Waals surface area contributed by atoms with Gasteiger partial charge in [-0.05, 0) is 24.1 Å². The lowest BCUT2D eigenvalue weighted by molar-refractivity contribution is 0.414. The highest BCUT2D eigenvalue weighted by atomic mass is 32.2. The van der Waals surface area contributed by atoms with Crippen LogP contribution in [0.25, 0.3) is 0 Å². The summed E-state index contributed by atoms with van der Waals surface area (Å²) in [7, 11) is 1.68. The maximum absolute atomic E-state index is 5.12. The van der Waals surface area contributed by atoms with Crippen LogP contribution in [0.5, 0.6) is 5.75 Å². The van der Waals surface area contributed by atoms with E-state index < -0.39 is 0 Å². The highest BCUT2D eigenvalue weighted by molar-refractivity contribution is 8.23. The third-order valence-corrected chi connectivity index (χ3v) is 3.83. The van der Waals surface area contributed by atoms with E-state index in [0.717, 1.165) is 23.0 Å². The van der Waals surface area contributed by atoms with E-state index in [9.17, 15) is 0 Å². The van der Waals surface area contributed by atoms with Crippen LogP contribution in [0.2, 0.25) is 0 Å². The average Bonchev–Trinajstić information content (AvgIpc) is 2.65. The molecule has 1 fully saturated rings. The fourth-order valence-electron chi connectivity index (χ4n) is 1.57. The van der Waals surface area contributed by atoms with Gasteiger partial charge >= 0.3 is 0 Å². The Morgan fingerprint density at radius 3 is 2.73 bits per heavy atom. The normalized spacial score (nSPS) is 20.1. The van der Waals surface area contributed by atoms with Crippen LogP contribution in [0, 0.1) is 0 Å². The number of thiocarbonyl (C=S) groups is 1. The number of rotatable bonds is 3. The number of hydrogen-bond acceptors (Lipinski definition) is 3. The van der Waals surface area contributed by atoms with Crippen LogP contribution in [0.1, 0.15) is 5.56 Å². The molecule has 4 heteroatoms. The van der Waals surface area contributed by atoms with Gasteiger partial charge in [-0.15, -0.1) is 0 Å². The van der Waals surface area contributed by atoms with Crippen LogP contribution in [0.15, 0.2) is 24.3 Å². The van der Waals surface area contributed by atoms with Gasteiger partial charge in [-0.25, -0.2) is 0 Å². The van der Waals surface area contributed by atoms with Crippen molar-refractivity contribution < 1.29 is 4.74 Å². The summed E-state index contributed by atoms with van der Waals surface area (Å²) < 4.78 is 6.04. The molecule has 0 bridgehead atoms. The van der Waals surface area contributed by atoms with Gasteiger partial charge in [0.15, 0.2) is 0 Å². The molecule has 2 nitrogen and oxygen atoms in total. The summed E-state index contributed by atoms with van der Waals surface area (Å²) in [6.45, 7) is 0.982. The average molecular weight is 239 g/mol. The zero-order chi connectivity index (χ0) is 10.7. The number of benzene rings is 1. The molecule has 0 spiro atoms. The first-order valence-corrected chi connectivity index (χ1v) is 6.14. The number of methoxy groups -OCH3 is 1. The molecule has 0 saturated carbocycles. The number of thioether (sulfide) groups is 1. The summed E-state index contributed by atoms with van der Waals surface area (Å²) in [5.74, 6) is 0.909. The molecule has 0 radical (unpaired) electrons. The second kappa shape index (κ2) is 4.86. The summed E-state index contributed by atoms with van der Waals surface area (Å²) in [6.07, 6.45) is 1.06. The minimum absolute atomic E-state index is 0.575. The summed E-state index contributed by atoms with van der Waals surface area (Å²) in [4.78, 5) is 0. The maximum atomic E-state index is 5.12. The van der Waals surface area contributed by atoms with Crippen molar-refractivity contribution in [3.8, 4) is 5.75 Å². The largest absolute Gasteiger partial charge is 0.497 e. The van der Waals surface area contributed by atoms with E-state index in [2.05, 4.69) is 17.4 Å². The molecule has 1 unspecified atom stereocenters. The molecule has 15 heavy (non-hydrogen) atoms. The van der Waals surface area contributed by atoms with E-state index in [0.29, 0.717) is 5.25 Å². The Labute approximate surface area is 99.4 Å². The smallest absolute Gasteiger partial charge is 0.134 e. The van der Waals surface area contributed by atoms with E-state index in [1.54, 1.807) is 18.9 Å². The first-order chi connectivity index (χ1) is 7.28. The first kappa shape index (κ1) is 10.8. The fourth-order valence-corrected chi connectivity index (χ4v) is 2.97. The molecule has 1 N–H and O–H groups in total. The molecule has 0 aromatic heterocycles. The molecule has 2 rings (SSSR count). The molecule has 1 aromatic rings. The molecule has 0 amide bonds. The zero-order valence-corrected chi connectivity index (χ0v) is 10.2. The monoisotopic (exact) mass is 239 g/mol. The van der Waals surface area contributed by atoms with Crippen molar-refractivity contribution in [2.75, 3.05) is 13.7 Å². The van der Waals surface area contributed by atoms with Gasteiger partial charge in [-0.2, -0.15) is 0 Å². The Bertz CT molecular complexity index is 350. The molecule has 1 aliphatic rings. The van der Waals surface area contributed by atoms with Crippen molar-refractivity contribution in [1.82, 2.24) is 5.32 Å². The van der Waals surface area contributed by atoms with Crippen LogP contribution in [-0.2, 0) is 6.42 Å². The fraction of sp³-hybridized carbons (Fsp3) is 0.364. The number of ether oxygens (including phenoxy) is 1. The molecule has 1 aromatic carbocycles. The lowest BCUT2D eigenvalue weighted by Gasteiger charge is -2.07. The molecular formula is C11H13NOS2. The van der Waals surface area contributed by atoms with Crippen molar-refractivity contribution >= 4 is 28.3 Å². The molecule has 1 atom stereocenters. The van der Waals surface area contributed by atoms with E-state index in [1.807, 2.05) is 12.1 Å². The van der Waals surface area contributed by atoms with Gasteiger partial charge in [0.1, 0.15) is 10.1 Å². The van der Waals surface area contributed by atoms with Gasteiger partial charge in [-0.3, -0.25) is 0 Å². The Kier molecular flexibility index (Phi) is 3.49. The Morgan fingerprint density at radius 2 is 2.20 bits per heavy atom. The Hall–Kier alpha value is -0.740. The van der Waals surface area contributed by atoms with Gasteiger partial charge in [-0.1, -0.05) is 36.1 Å². The summed E-state index contributed by atoms with van der Waals surface area (Å²) in [6, 6.07) is 8.23. The van der Waals surface area contributed by atoms with E-state index in [4.69, 9.17) is 17.0 Å². The van der Waals surface area contributed by atoms with Crippen molar-refractivity contribution in [2.24, 2.45) is 0 Å². The van der Waals surface area contributed by atoms with Gasteiger partial charge < -0.3 is 10.1 Å². The Balaban J connectivity index is 1.96. The highest BCUT2D eigenvalue weighted by Crippen LogP contribution is 2.22. The van der Waals surface area contributed by atoms with Gasteiger partial charge in [0.25, 0.3) is 0 Å². The number of hydrogen-bond donors (Lipinski definition) is 1. The van der Waals surface area contributed by atoms with E-state index in [-0.39, 0.29) is 0 Å². The lowest BCUT2D eigenvalue weighted by Crippen LogP contribution is -2.16. The minimum Gasteiger partial charge on any atom is -0.497 e. The summed E-state index contributed by atoms with van der Waals surface area (Å²) in [5.41, 5.74) is 1.33. The maximum Gasteiger partial charge on any atom is 0.134 e. The predicted octanol–water partition coefficient (Wildman–Crippen LogP) is 2.23. The predicted molar refractivity (Wildman–Crippen MR) is 68.7 cm³/mol. The second-order valence-corrected chi connectivity index (χ2v) is 5.44. The first-order valence-electron chi connectivity index (χ1n) is 4.85. The van der Waals surface area contributed by atoms with Crippen LogP contribution < -0.4 is 10.1 Å². The standard InChI is InChI=1S/C11H13NOS2/c1-13-9-4-2-8(3-5-9)6-10-7-12-11(14)15-10/h2-5,10H,6-7H2,1H3,(H,12,14). The summed E-state index contributed by atoms with van der Waals surface area (Å²) >= 11 is 6.84. The van der Waals surface area contributed by atoms with Crippen molar-refractivity contribution in [1.29, 1.82) is 0 Å². The quantitative estimate of drug-likeness (QED) is 0.816. The topological polar surface area (TPSA) is 21.3 Å². The van der Waals surface area contributed by atoms with E-state index in [1.165, 1.54) is 5.56 Å². The SMILES string of the molecule is COc1ccc(CC2CNC(=S)S2)cc1. The van der Waals surface area contributed by atoms with Crippen molar-refractivity contribution in [3.63, 3.8) is 0 Å². The van der Waals surface area contributed by atoms with Gasteiger partial charge in [0, 0.05) is 11.8 Å². The summed E-state index contributed by atoms with van der Waals surface area (Å²) in [5, 5.41) is 3.76. The third kappa shape index (κ3) is 2.86. The third-order valence-electron chi connectivity index (χ3n) is 2.37. The van der Waals surface area contributed by atoms with Gasteiger partial charge in [0.05, 0.1) is 7.11 Å². The van der Waals surface area contributed by atoms with Crippen LogP contribution in [0.4, 0.5) is 0 Å². The molecule has 1 aliphatic heterocycles. The van der Waals surface area contributed by atoms with Gasteiger partial charge in [0.2, 0.25) is 0 Å². The Morgan fingerprint density at radius 1 is 1.47 bits per heavy atom. The van der Waals surface area contributed by atoms with Crippen LogP contribution in [-0.4, -0.2) is 23.2 Å². The zero-order valence-electron chi connectivity index (χ0n) is 8.53. The van der Waals surface area contributed by atoms with Crippen molar-refractivity contribution in [2.45, 2.75) is 11.7 Å². The molecule has 80 valence electrons. The molecule has 0 aliphatic carbocycles. The number of nitrogens with one attached hydrogen (secondary N) is 1. The highest BCUT2D eigenvalue weighted by Gasteiger charge is 2.19. The van der Waals surface area contributed by atoms with Crippen LogP contribution in [0.3, 0.4) is 0 Å². The molecule has 1 saturated heterocycles. The van der Waals surface area contributed by atoms with E-state index >= 15 is 0 Å². The minimum atomic E-state index is 0.575. The van der Waals surface area contributed by atoms with Crippen LogP contribution >= 0.6 is 24.0 Å². The second-order valence-electron chi connectivity index (χ2n) is 3.46.